The van der Waals surface area contributed by atoms with Gasteiger partial charge in [0.05, 0.1) is 13.1 Å². The highest BCUT2D eigenvalue weighted by atomic mass is 16.2. The fraction of sp³-hybridized carbons (Fsp3) is 0.462. The zero-order valence-electron chi connectivity index (χ0n) is 10.8. The van der Waals surface area contributed by atoms with Gasteiger partial charge in [-0.25, -0.2) is 14.5 Å². The predicted octanol–water partition coefficient (Wildman–Crippen LogP) is 0.349. The van der Waals surface area contributed by atoms with Crippen LogP contribution in [0.1, 0.15) is 13.3 Å². The van der Waals surface area contributed by atoms with Crippen LogP contribution in [0.15, 0.2) is 0 Å². The minimum atomic E-state index is -0.686. The molecule has 19 heavy (non-hydrogen) atoms. The third-order valence-electron chi connectivity index (χ3n) is 2.57. The fourth-order valence-corrected chi connectivity index (χ4v) is 1.72. The van der Waals surface area contributed by atoms with Gasteiger partial charge in [-0.3, -0.25) is 9.69 Å². The smallest absolute Gasteiger partial charge is 0.304 e. The second-order valence-electron chi connectivity index (χ2n) is 3.96. The average molecular weight is 261 g/mol. The zero-order chi connectivity index (χ0) is 14.4. The highest BCUT2D eigenvalue weighted by molar-refractivity contribution is 6.06. The number of hydrogen-bond acceptors (Lipinski definition) is 3. The molecule has 6 heteroatoms. The number of urea groups is 2. The van der Waals surface area contributed by atoms with Crippen LogP contribution >= 0.6 is 0 Å². The number of nitrogens with zero attached hydrogens (tertiary/aromatic N) is 3. The molecule has 0 saturated carbocycles. The van der Waals surface area contributed by atoms with Gasteiger partial charge in [0.1, 0.15) is 6.54 Å². The third-order valence-corrected chi connectivity index (χ3v) is 2.57. The highest BCUT2D eigenvalue weighted by Gasteiger charge is 2.37. The molecular formula is C13H15N3O3. The summed E-state index contributed by atoms with van der Waals surface area (Å²) in [5, 5.41) is 0. The van der Waals surface area contributed by atoms with Gasteiger partial charge in [0.25, 0.3) is 5.91 Å². The van der Waals surface area contributed by atoms with Crippen LogP contribution in [0.4, 0.5) is 9.59 Å². The third kappa shape index (κ3) is 3.05. The molecule has 0 aromatic rings. The lowest BCUT2D eigenvalue weighted by molar-refractivity contribution is -0.127. The molecule has 1 fully saturated rings. The van der Waals surface area contributed by atoms with Crippen molar-refractivity contribution in [3.63, 3.8) is 0 Å². The SMILES string of the molecule is C#CCN1CC(=O)N(CC#C)C(=O)N(CCC)C1=O. The van der Waals surface area contributed by atoms with E-state index in [1.807, 2.05) is 6.92 Å². The van der Waals surface area contributed by atoms with Crippen molar-refractivity contribution < 1.29 is 14.4 Å². The van der Waals surface area contributed by atoms with E-state index in [1.165, 1.54) is 0 Å². The first-order chi connectivity index (χ1) is 9.06. The predicted molar refractivity (Wildman–Crippen MR) is 68.7 cm³/mol. The largest absolute Gasteiger partial charge is 0.335 e. The number of carbonyl (C=O) groups excluding carboxylic acids is 3. The maximum Gasteiger partial charge on any atom is 0.335 e. The second kappa shape index (κ2) is 6.46. The van der Waals surface area contributed by atoms with Crippen molar-refractivity contribution >= 4 is 18.0 Å². The quantitative estimate of drug-likeness (QED) is 0.686. The lowest BCUT2D eigenvalue weighted by atomic mass is 10.4. The van der Waals surface area contributed by atoms with Gasteiger partial charge in [-0.1, -0.05) is 18.8 Å². The Morgan fingerprint density at radius 1 is 1.05 bits per heavy atom. The summed E-state index contributed by atoms with van der Waals surface area (Å²) in [5.74, 6) is 4.01. The van der Waals surface area contributed by atoms with Gasteiger partial charge in [-0.05, 0) is 6.42 Å². The Bertz CT molecular complexity index is 473. The first kappa shape index (κ1) is 14.6. The van der Waals surface area contributed by atoms with Crippen LogP contribution in [0.3, 0.4) is 0 Å². The Kier molecular flexibility index (Phi) is 4.96. The van der Waals surface area contributed by atoms with Crippen molar-refractivity contribution in [1.82, 2.24) is 14.7 Å². The van der Waals surface area contributed by atoms with Crippen molar-refractivity contribution in [3.8, 4) is 24.7 Å². The van der Waals surface area contributed by atoms with Crippen LogP contribution in [-0.2, 0) is 4.79 Å². The molecule has 0 radical (unpaired) electrons. The lowest BCUT2D eigenvalue weighted by Crippen LogP contribution is -2.47. The minimum Gasteiger partial charge on any atom is -0.304 e. The number of hydrogen-bond donors (Lipinski definition) is 0. The molecule has 1 rings (SSSR count). The molecule has 1 aliphatic heterocycles. The monoisotopic (exact) mass is 261 g/mol. The van der Waals surface area contributed by atoms with Gasteiger partial charge in [0, 0.05) is 6.54 Å². The van der Waals surface area contributed by atoms with Crippen LogP contribution in [0.2, 0.25) is 0 Å². The number of amides is 5. The molecule has 0 spiro atoms. The molecular weight excluding hydrogens is 246 g/mol. The van der Waals surface area contributed by atoms with Gasteiger partial charge >= 0.3 is 12.1 Å². The number of carbonyl (C=O) groups is 3. The van der Waals surface area contributed by atoms with Crippen LogP contribution in [-0.4, -0.2) is 58.8 Å². The van der Waals surface area contributed by atoms with Crippen molar-refractivity contribution in [1.29, 1.82) is 0 Å². The van der Waals surface area contributed by atoms with E-state index in [-0.39, 0.29) is 26.2 Å². The fourth-order valence-electron chi connectivity index (χ4n) is 1.72. The first-order valence-corrected chi connectivity index (χ1v) is 5.84. The van der Waals surface area contributed by atoms with Crippen molar-refractivity contribution in [2.45, 2.75) is 13.3 Å². The number of imide groups is 2. The van der Waals surface area contributed by atoms with Crippen LogP contribution < -0.4 is 0 Å². The van der Waals surface area contributed by atoms with Crippen molar-refractivity contribution in [2.75, 3.05) is 26.2 Å². The molecule has 1 saturated heterocycles. The molecule has 0 aromatic carbocycles. The highest BCUT2D eigenvalue weighted by Crippen LogP contribution is 2.11. The van der Waals surface area contributed by atoms with Gasteiger partial charge < -0.3 is 4.90 Å². The molecule has 1 aliphatic rings. The maximum atomic E-state index is 12.1. The Morgan fingerprint density at radius 3 is 2.21 bits per heavy atom. The lowest BCUT2D eigenvalue weighted by Gasteiger charge is -2.24. The van der Waals surface area contributed by atoms with E-state index in [1.54, 1.807) is 0 Å². The van der Waals surface area contributed by atoms with E-state index in [0.717, 1.165) is 14.7 Å². The summed E-state index contributed by atoms with van der Waals surface area (Å²) in [6.45, 7) is 1.62. The van der Waals surface area contributed by atoms with E-state index < -0.39 is 18.0 Å². The molecule has 1 heterocycles. The standard InChI is InChI=1S/C13H15N3O3/c1-4-7-14-10-11(17)15(8-5-2)13(19)16(9-6-3)12(14)18/h1-2H,6-10H2,3H3. The van der Waals surface area contributed by atoms with E-state index >= 15 is 0 Å². The summed E-state index contributed by atoms with van der Waals surface area (Å²) in [6.07, 6.45) is 10.9. The average Bonchev–Trinajstić information content (AvgIpc) is 2.46. The zero-order valence-corrected chi connectivity index (χ0v) is 10.8. The summed E-state index contributed by atoms with van der Waals surface area (Å²) < 4.78 is 0. The number of terminal acetylenes is 2. The van der Waals surface area contributed by atoms with E-state index in [2.05, 4.69) is 11.8 Å². The molecule has 0 atom stereocenters. The van der Waals surface area contributed by atoms with Crippen LogP contribution in [0, 0.1) is 24.7 Å². The molecule has 0 unspecified atom stereocenters. The summed E-state index contributed by atoms with van der Waals surface area (Å²) in [5.41, 5.74) is 0. The Morgan fingerprint density at radius 2 is 1.68 bits per heavy atom. The molecule has 0 aromatic heterocycles. The van der Waals surface area contributed by atoms with Gasteiger partial charge in [-0.15, -0.1) is 12.8 Å². The van der Waals surface area contributed by atoms with Crippen LogP contribution in [0.25, 0.3) is 0 Å². The van der Waals surface area contributed by atoms with Crippen molar-refractivity contribution in [2.24, 2.45) is 0 Å². The summed E-state index contributed by atoms with van der Waals surface area (Å²) in [4.78, 5) is 39.2. The molecule has 0 aliphatic carbocycles. The summed E-state index contributed by atoms with van der Waals surface area (Å²) in [7, 11) is 0. The normalized spacial score (nSPS) is 16.2. The van der Waals surface area contributed by atoms with Crippen LogP contribution in [0.5, 0.6) is 0 Å². The molecule has 100 valence electrons. The van der Waals surface area contributed by atoms with E-state index in [0.29, 0.717) is 6.42 Å². The Hall–Kier alpha value is -2.47. The van der Waals surface area contributed by atoms with Gasteiger partial charge in [-0.2, -0.15) is 0 Å². The molecule has 0 bridgehead atoms. The van der Waals surface area contributed by atoms with E-state index in [4.69, 9.17) is 12.8 Å². The first-order valence-electron chi connectivity index (χ1n) is 5.84. The summed E-state index contributed by atoms with van der Waals surface area (Å²) >= 11 is 0. The minimum absolute atomic E-state index is 0.0258. The summed E-state index contributed by atoms with van der Waals surface area (Å²) in [6, 6.07) is -1.24. The Labute approximate surface area is 112 Å². The molecule has 0 N–H and O–H groups in total. The Balaban J connectivity index is 3.10. The second-order valence-corrected chi connectivity index (χ2v) is 3.96. The van der Waals surface area contributed by atoms with Gasteiger partial charge in [0.2, 0.25) is 0 Å². The molecule has 6 nitrogen and oxygen atoms in total. The van der Waals surface area contributed by atoms with Gasteiger partial charge in [0.15, 0.2) is 0 Å². The topological polar surface area (TPSA) is 60.9 Å². The van der Waals surface area contributed by atoms with E-state index in [9.17, 15) is 14.4 Å². The number of rotatable bonds is 4. The molecule has 5 amide bonds. The maximum absolute atomic E-state index is 12.1. The van der Waals surface area contributed by atoms with Crippen molar-refractivity contribution in [3.05, 3.63) is 0 Å².